The smallest absolute Gasteiger partial charge is 0.0638 e. The average Bonchev–Trinajstić information content (AvgIpc) is 2.18. The molecule has 0 aliphatic rings. The van der Waals surface area contributed by atoms with Crippen molar-refractivity contribution in [2.75, 3.05) is 11.9 Å². The van der Waals surface area contributed by atoms with Gasteiger partial charge in [-0.2, -0.15) is 0 Å². The maximum Gasteiger partial charge on any atom is 0.0638 e. The van der Waals surface area contributed by atoms with Gasteiger partial charge in [0.15, 0.2) is 0 Å². The number of nitrogens with two attached hydrogens (primary N) is 1. The van der Waals surface area contributed by atoms with Crippen LogP contribution in [0.1, 0.15) is 13.8 Å². The molecule has 0 aliphatic carbocycles. The molecule has 84 valence electrons. The van der Waals surface area contributed by atoms with Crippen molar-refractivity contribution in [1.29, 1.82) is 0 Å². The Morgan fingerprint density at radius 2 is 2.00 bits per heavy atom. The molecule has 0 heterocycles. The van der Waals surface area contributed by atoms with Gasteiger partial charge in [-0.3, -0.25) is 0 Å². The molecule has 0 bridgehead atoms. The number of benzene rings is 1. The van der Waals surface area contributed by atoms with E-state index in [0.29, 0.717) is 22.5 Å². The van der Waals surface area contributed by atoms with Gasteiger partial charge in [-0.25, -0.2) is 0 Å². The molecule has 1 atom stereocenters. The minimum Gasteiger partial charge on any atom is -0.382 e. The Labute approximate surface area is 101 Å². The maximum absolute atomic E-state index is 6.00. The van der Waals surface area contributed by atoms with Crippen molar-refractivity contribution in [3.63, 3.8) is 0 Å². The zero-order valence-corrected chi connectivity index (χ0v) is 10.4. The number of nitrogens with one attached hydrogen (secondary N) is 1. The number of halogens is 2. The number of anilines is 1. The average molecular weight is 247 g/mol. The van der Waals surface area contributed by atoms with Gasteiger partial charge in [0.05, 0.1) is 10.7 Å². The molecular weight excluding hydrogens is 231 g/mol. The Bertz CT molecular complexity index is 326. The summed E-state index contributed by atoms with van der Waals surface area (Å²) in [6.07, 6.45) is 0. The normalized spacial score (nSPS) is 12.9. The molecule has 3 N–H and O–H groups in total. The topological polar surface area (TPSA) is 38.0 Å². The van der Waals surface area contributed by atoms with Gasteiger partial charge < -0.3 is 11.1 Å². The lowest BCUT2D eigenvalue weighted by Gasteiger charge is -2.17. The van der Waals surface area contributed by atoms with Gasteiger partial charge in [0.1, 0.15) is 0 Å². The van der Waals surface area contributed by atoms with E-state index < -0.39 is 0 Å². The second-order valence-corrected chi connectivity index (χ2v) is 4.76. The van der Waals surface area contributed by atoms with Crippen molar-refractivity contribution in [2.45, 2.75) is 19.9 Å². The van der Waals surface area contributed by atoms with E-state index in [9.17, 15) is 0 Å². The zero-order valence-electron chi connectivity index (χ0n) is 8.93. The number of rotatable bonds is 4. The van der Waals surface area contributed by atoms with Gasteiger partial charge >= 0.3 is 0 Å². The van der Waals surface area contributed by atoms with E-state index in [0.717, 1.165) is 5.69 Å². The predicted octanol–water partition coefficient (Wildman–Crippen LogP) is 3.39. The molecular formula is C11H16Cl2N2. The first-order chi connectivity index (χ1) is 7.00. The molecule has 2 nitrogen and oxygen atoms in total. The third-order valence-electron chi connectivity index (χ3n) is 2.31. The fourth-order valence-corrected chi connectivity index (χ4v) is 1.45. The Morgan fingerprint density at radius 1 is 1.33 bits per heavy atom. The third-order valence-corrected chi connectivity index (χ3v) is 2.88. The van der Waals surface area contributed by atoms with Crippen molar-refractivity contribution in [2.24, 2.45) is 11.7 Å². The van der Waals surface area contributed by atoms with E-state index in [1.165, 1.54) is 0 Å². The first-order valence-electron chi connectivity index (χ1n) is 4.95. The first-order valence-corrected chi connectivity index (χ1v) is 5.71. The summed E-state index contributed by atoms with van der Waals surface area (Å²) < 4.78 is 0. The van der Waals surface area contributed by atoms with Crippen LogP contribution < -0.4 is 11.1 Å². The highest BCUT2D eigenvalue weighted by atomic mass is 35.5. The minimum absolute atomic E-state index is 0.111. The number of hydrogen-bond donors (Lipinski definition) is 2. The molecule has 4 heteroatoms. The van der Waals surface area contributed by atoms with E-state index in [1.54, 1.807) is 18.2 Å². The van der Waals surface area contributed by atoms with Crippen LogP contribution in [-0.4, -0.2) is 12.6 Å². The standard InChI is InChI=1S/C11H16Cl2N2/c1-7(2)10(14)6-15-11-5-8(12)3-4-9(11)13/h3-5,7,10,15H,6,14H2,1-2H3. The molecule has 1 aromatic carbocycles. The molecule has 0 aliphatic heterocycles. The Hall–Kier alpha value is -0.440. The lowest BCUT2D eigenvalue weighted by Crippen LogP contribution is -2.34. The second kappa shape index (κ2) is 5.59. The van der Waals surface area contributed by atoms with Crippen molar-refractivity contribution in [3.8, 4) is 0 Å². The number of hydrogen-bond acceptors (Lipinski definition) is 2. The highest BCUT2D eigenvalue weighted by Gasteiger charge is 2.08. The minimum atomic E-state index is 0.111. The Kier molecular flexibility index (Phi) is 4.71. The van der Waals surface area contributed by atoms with E-state index in [2.05, 4.69) is 19.2 Å². The van der Waals surface area contributed by atoms with Crippen LogP contribution in [0.15, 0.2) is 18.2 Å². The van der Waals surface area contributed by atoms with Gasteiger partial charge in [0, 0.05) is 17.6 Å². The van der Waals surface area contributed by atoms with Crippen LogP contribution >= 0.6 is 23.2 Å². The lowest BCUT2D eigenvalue weighted by atomic mass is 10.1. The van der Waals surface area contributed by atoms with Crippen LogP contribution in [0.4, 0.5) is 5.69 Å². The summed E-state index contributed by atoms with van der Waals surface area (Å²) in [6.45, 7) is 4.87. The van der Waals surface area contributed by atoms with Crippen LogP contribution in [0.2, 0.25) is 10.0 Å². The molecule has 1 aromatic rings. The molecule has 0 aromatic heterocycles. The van der Waals surface area contributed by atoms with Gasteiger partial charge in [0.25, 0.3) is 0 Å². The second-order valence-electron chi connectivity index (χ2n) is 3.91. The Morgan fingerprint density at radius 3 is 2.60 bits per heavy atom. The van der Waals surface area contributed by atoms with Gasteiger partial charge in [-0.05, 0) is 24.1 Å². The van der Waals surface area contributed by atoms with Crippen molar-refractivity contribution >= 4 is 28.9 Å². The molecule has 0 spiro atoms. The van der Waals surface area contributed by atoms with Crippen molar-refractivity contribution in [3.05, 3.63) is 28.2 Å². The Balaban J connectivity index is 2.61. The van der Waals surface area contributed by atoms with E-state index in [-0.39, 0.29) is 6.04 Å². The molecule has 0 radical (unpaired) electrons. The van der Waals surface area contributed by atoms with Gasteiger partial charge in [-0.1, -0.05) is 37.0 Å². The molecule has 0 saturated carbocycles. The monoisotopic (exact) mass is 246 g/mol. The molecule has 0 fully saturated rings. The van der Waals surface area contributed by atoms with Crippen molar-refractivity contribution in [1.82, 2.24) is 0 Å². The zero-order chi connectivity index (χ0) is 11.4. The summed E-state index contributed by atoms with van der Waals surface area (Å²) in [4.78, 5) is 0. The largest absolute Gasteiger partial charge is 0.382 e. The summed E-state index contributed by atoms with van der Waals surface area (Å²) >= 11 is 11.9. The van der Waals surface area contributed by atoms with E-state index in [1.807, 2.05) is 0 Å². The van der Waals surface area contributed by atoms with Gasteiger partial charge in [-0.15, -0.1) is 0 Å². The van der Waals surface area contributed by atoms with Crippen LogP contribution in [0.25, 0.3) is 0 Å². The fraction of sp³-hybridized carbons (Fsp3) is 0.455. The SMILES string of the molecule is CC(C)C(N)CNc1cc(Cl)ccc1Cl. The molecule has 0 saturated heterocycles. The first kappa shape index (κ1) is 12.6. The summed E-state index contributed by atoms with van der Waals surface area (Å²) in [6, 6.07) is 5.45. The highest BCUT2D eigenvalue weighted by Crippen LogP contribution is 2.25. The van der Waals surface area contributed by atoms with E-state index in [4.69, 9.17) is 28.9 Å². The predicted molar refractivity (Wildman–Crippen MR) is 67.8 cm³/mol. The van der Waals surface area contributed by atoms with Crippen molar-refractivity contribution < 1.29 is 0 Å². The summed E-state index contributed by atoms with van der Waals surface area (Å²) in [5, 5.41) is 4.52. The van der Waals surface area contributed by atoms with Crippen LogP contribution in [0.3, 0.4) is 0 Å². The van der Waals surface area contributed by atoms with E-state index >= 15 is 0 Å². The molecule has 1 unspecified atom stereocenters. The summed E-state index contributed by atoms with van der Waals surface area (Å²) in [5.41, 5.74) is 6.75. The molecule has 0 amide bonds. The summed E-state index contributed by atoms with van der Waals surface area (Å²) in [5.74, 6) is 0.440. The molecule has 1 rings (SSSR count). The summed E-state index contributed by atoms with van der Waals surface area (Å²) in [7, 11) is 0. The lowest BCUT2D eigenvalue weighted by molar-refractivity contribution is 0.511. The fourth-order valence-electron chi connectivity index (χ4n) is 1.10. The van der Waals surface area contributed by atoms with Crippen LogP contribution in [-0.2, 0) is 0 Å². The van der Waals surface area contributed by atoms with Crippen LogP contribution in [0, 0.1) is 5.92 Å². The molecule has 15 heavy (non-hydrogen) atoms. The maximum atomic E-state index is 6.00. The third kappa shape index (κ3) is 3.90. The van der Waals surface area contributed by atoms with Gasteiger partial charge in [0.2, 0.25) is 0 Å². The highest BCUT2D eigenvalue weighted by molar-refractivity contribution is 6.35. The van der Waals surface area contributed by atoms with Crippen LogP contribution in [0.5, 0.6) is 0 Å². The quantitative estimate of drug-likeness (QED) is 0.855.